The Balaban J connectivity index is 2.84. The number of ketones is 1. The number of carbonyl (C=O) groups excluding carboxylic acids is 1. The Hall–Kier alpha value is -1.27. The molecule has 0 atom stereocenters. The maximum atomic E-state index is 11.2. The highest BCUT2D eigenvalue weighted by atomic mass is 32.1. The van der Waals surface area contributed by atoms with E-state index in [1.54, 1.807) is 7.11 Å². The SMILES string of the molecule is COCCCc1nc(C(=O)O)c(C(C)=O)s1. The van der Waals surface area contributed by atoms with Gasteiger partial charge < -0.3 is 9.84 Å². The van der Waals surface area contributed by atoms with E-state index in [1.165, 1.54) is 6.92 Å². The first-order valence-corrected chi connectivity index (χ1v) is 5.60. The first kappa shape index (κ1) is 12.8. The number of Topliss-reactive ketones (excluding diaryl/α,β-unsaturated/α-hetero) is 1. The van der Waals surface area contributed by atoms with E-state index in [2.05, 4.69) is 4.98 Å². The number of hydrogen-bond acceptors (Lipinski definition) is 5. The van der Waals surface area contributed by atoms with Crippen LogP contribution in [0.1, 0.15) is 38.5 Å². The van der Waals surface area contributed by atoms with E-state index in [0.717, 1.165) is 17.8 Å². The van der Waals surface area contributed by atoms with Crippen LogP contribution in [0.25, 0.3) is 0 Å². The second-order valence-corrected chi connectivity index (χ2v) is 4.33. The molecular weight excluding hydrogens is 230 g/mol. The molecule has 1 aromatic heterocycles. The maximum Gasteiger partial charge on any atom is 0.356 e. The lowest BCUT2D eigenvalue weighted by Gasteiger charge is -1.94. The lowest BCUT2D eigenvalue weighted by atomic mass is 10.3. The van der Waals surface area contributed by atoms with Crippen molar-refractivity contribution in [3.63, 3.8) is 0 Å². The quantitative estimate of drug-likeness (QED) is 0.607. The number of thiazole rings is 1. The van der Waals surface area contributed by atoms with Gasteiger partial charge in [0.2, 0.25) is 0 Å². The number of carboxylic acid groups (broad SMARTS) is 1. The van der Waals surface area contributed by atoms with Gasteiger partial charge in [-0.05, 0) is 6.42 Å². The minimum absolute atomic E-state index is 0.134. The molecule has 0 saturated carbocycles. The highest BCUT2D eigenvalue weighted by Gasteiger charge is 2.19. The number of methoxy groups -OCH3 is 1. The van der Waals surface area contributed by atoms with Crippen LogP contribution in [0.3, 0.4) is 0 Å². The van der Waals surface area contributed by atoms with E-state index in [1.807, 2.05) is 0 Å². The topological polar surface area (TPSA) is 76.5 Å². The first-order valence-electron chi connectivity index (χ1n) is 4.79. The number of carbonyl (C=O) groups is 2. The molecule has 88 valence electrons. The standard InChI is InChI=1S/C10H13NO4S/c1-6(12)9-8(10(13)14)11-7(16-9)4-3-5-15-2/h3-5H2,1-2H3,(H,13,14). The molecule has 1 N–H and O–H groups in total. The average Bonchev–Trinajstić information content (AvgIpc) is 2.62. The van der Waals surface area contributed by atoms with E-state index in [9.17, 15) is 9.59 Å². The molecule has 0 aliphatic rings. The fraction of sp³-hybridized carbons (Fsp3) is 0.500. The summed E-state index contributed by atoms with van der Waals surface area (Å²) >= 11 is 1.15. The lowest BCUT2D eigenvalue weighted by Crippen LogP contribution is -2.03. The zero-order valence-corrected chi connectivity index (χ0v) is 9.97. The number of hydrogen-bond donors (Lipinski definition) is 1. The van der Waals surface area contributed by atoms with E-state index in [0.29, 0.717) is 18.0 Å². The number of nitrogens with zero attached hydrogens (tertiary/aromatic N) is 1. The van der Waals surface area contributed by atoms with Crippen LogP contribution in [0.4, 0.5) is 0 Å². The third-order valence-corrected chi connectivity index (χ3v) is 3.15. The summed E-state index contributed by atoms with van der Waals surface area (Å²) in [4.78, 5) is 26.2. The van der Waals surface area contributed by atoms with Crippen molar-refractivity contribution in [2.45, 2.75) is 19.8 Å². The second kappa shape index (κ2) is 5.72. The van der Waals surface area contributed by atoms with Crippen LogP contribution >= 0.6 is 11.3 Å². The fourth-order valence-electron chi connectivity index (χ4n) is 1.22. The summed E-state index contributed by atoms with van der Waals surface area (Å²) in [6.07, 6.45) is 1.40. The van der Waals surface area contributed by atoms with Crippen molar-refractivity contribution in [3.05, 3.63) is 15.6 Å². The monoisotopic (exact) mass is 243 g/mol. The van der Waals surface area contributed by atoms with Gasteiger partial charge in [-0.1, -0.05) is 0 Å². The molecule has 0 unspecified atom stereocenters. The number of aromatic nitrogens is 1. The van der Waals surface area contributed by atoms with E-state index < -0.39 is 5.97 Å². The van der Waals surface area contributed by atoms with Crippen molar-refractivity contribution in [1.82, 2.24) is 4.98 Å². The van der Waals surface area contributed by atoms with Crippen LogP contribution in [0.2, 0.25) is 0 Å². The van der Waals surface area contributed by atoms with Crippen LogP contribution in [0.15, 0.2) is 0 Å². The first-order chi connectivity index (χ1) is 7.56. The highest BCUT2D eigenvalue weighted by Crippen LogP contribution is 2.20. The Morgan fingerprint density at radius 1 is 1.50 bits per heavy atom. The predicted molar refractivity (Wildman–Crippen MR) is 59.3 cm³/mol. The molecule has 1 rings (SSSR count). The van der Waals surface area contributed by atoms with Gasteiger partial charge in [-0.25, -0.2) is 9.78 Å². The summed E-state index contributed by atoms with van der Waals surface area (Å²) < 4.78 is 4.89. The minimum atomic E-state index is -1.15. The van der Waals surface area contributed by atoms with Crippen LogP contribution < -0.4 is 0 Å². The van der Waals surface area contributed by atoms with E-state index in [4.69, 9.17) is 9.84 Å². The molecule has 1 aromatic rings. The molecule has 5 nitrogen and oxygen atoms in total. The minimum Gasteiger partial charge on any atom is -0.476 e. The normalized spacial score (nSPS) is 10.4. The molecule has 0 spiro atoms. The van der Waals surface area contributed by atoms with Crippen LogP contribution in [0.5, 0.6) is 0 Å². The van der Waals surface area contributed by atoms with Gasteiger partial charge in [0.1, 0.15) is 4.88 Å². The van der Waals surface area contributed by atoms with Crippen LogP contribution in [0, 0.1) is 0 Å². The molecule has 0 fully saturated rings. The predicted octanol–water partition coefficient (Wildman–Crippen LogP) is 1.62. The molecule has 0 aliphatic heterocycles. The third-order valence-electron chi connectivity index (χ3n) is 1.93. The molecule has 0 aliphatic carbocycles. The zero-order chi connectivity index (χ0) is 12.1. The maximum absolute atomic E-state index is 11.2. The van der Waals surface area contributed by atoms with Gasteiger partial charge in [-0.3, -0.25) is 4.79 Å². The van der Waals surface area contributed by atoms with Crippen molar-refractivity contribution < 1.29 is 19.4 Å². The Bertz CT molecular complexity index is 368. The molecule has 1 heterocycles. The van der Waals surface area contributed by atoms with Gasteiger partial charge in [0.05, 0.1) is 5.01 Å². The van der Waals surface area contributed by atoms with Crippen molar-refractivity contribution in [3.8, 4) is 0 Å². The van der Waals surface area contributed by atoms with Crippen molar-refractivity contribution in [2.75, 3.05) is 13.7 Å². The van der Waals surface area contributed by atoms with E-state index in [-0.39, 0.29) is 16.4 Å². The van der Waals surface area contributed by atoms with Gasteiger partial charge in [-0.2, -0.15) is 0 Å². The Kier molecular flexibility index (Phi) is 4.57. The largest absolute Gasteiger partial charge is 0.476 e. The molecule has 0 aromatic carbocycles. The van der Waals surface area contributed by atoms with Gasteiger partial charge in [0, 0.05) is 27.1 Å². The van der Waals surface area contributed by atoms with Crippen LogP contribution in [-0.4, -0.2) is 35.6 Å². The van der Waals surface area contributed by atoms with Crippen molar-refractivity contribution in [2.24, 2.45) is 0 Å². The smallest absolute Gasteiger partial charge is 0.356 e. The van der Waals surface area contributed by atoms with Gasteiger partial charge in [0.25, 0.3) is 0 Å². The molecule has 16 heavy (non-hydrogen) atoms. The second-order valence-electron chi connectivity index (χ2n) is 3.24. The summed E-state index contributed by atoms with van der Waals surface area (Å²) in [5.74, 6) is -1.41. The molecular formula is C10H13NO4S. The molecule has 0 radical (unpaired) electrons. The number of aryl methyl sites for hydroxylation is 1. The van der Waals surface area contributed by atoms with Gasteiger partial charge >= 0.3 is 5.97 Å². The Morgan fingerprint density at radius 2 is 2.19 bits per heavy atom. The highest BCUT2D eigenvalue weighted by molar-refractivity contribution is 7.14. The molecule has 6 heteroatoms. The fourth-order valence-corrected chi connectivity index (χ4v) is 2.21. The molecule has 0 bridgehead atoms. The summed E-state index contributed by atoms with van der Waals surface area (Å²) in [6.45, 7) is 1.94. The summed E-state index contributed by atoms with van der Waals surface area (Å²) in [5.41, 5.74) is -0.134. The lowest BCUT2D eigenvalue weighted by molar-refractivity contribution is 0.0687. The van der Waals surface area contributed by atoms with E-state index >= 15 is 0 Å². The molecule has 0 amide bonds. The molecule has 0 saturated heterocycles. The number of aromatic carboxylic acids is 1. The summed E-state index contributed by atoms with van der Waals surface area (Å²) in [5, 5.41) is 9.53. The van der Waals surface area contributed by atoms with Gasteiger partial charge in [0.15, 0.2) is 11.5 Å². The Morgan fingerprint density at radius 3 is 2.62 bits per heavy atom. The summed E-state index contributed by atoms with van der Waals surface area (Å²) in [7, 11) is 1.60. The van der Waals surface area contributed by atoms with Crippen molar-refractivity contribution >= 4 is 23.1 Å². The zero-order valence-electron chi connectivity index (χ0n) is 9.15. The summed E-state index contributed by atoms with van der Waals surface area (Å²) in [6, 6.07) is 0. The number of carboxylic acids is 1. The van der Waals surface area contributed by atoms with Crippen LogP contribution in [-0.2, 0) is 11.2 Å². The Labute approximate surface area is 97.1 Å². The van der Waals surface area contributed by atoms with Gasteiger partial charge in [-0.15, -0.1) is 11.3 Å². The number of ether oxygens (including phenoxy) is 1. The number of rotatable bonds is 6. The average molecular weight is 243 g/mol. The van der Waals surface area contributed by atoms with Crippen molar-refractivity contribution in [1.29, 1.82) is 0 Å². The third kappa shape index (κ3) is 3.11.